The first kappa shape index (κ1) is 25.2. The van der Waals surface area contributed by atoms with Gasteiger partial charge in [-0.2, -0.15) is 5.10 Å². The van der Waals surface area contributed by atoms with Crippen molar-refractivity contribution in [3.05, 3.63) is 83.7 Å². The van der Waals surface area contributed by atoms with Gasteiger partial charge in [-0.25, -0.2) is 14.6 Å². The quantitative estimate of drug-likeness (QED) is 0.190. The maximum atomic E-state index is 13.1. The molecule has 3 aromatic rings. The van der Waals surface area contributed by atoms with Crippen molar-refractivity contribution < 1.29 is 32.9 Å². The van der Waals surface area contributed by atoms with E-state index in [1.54, 1.807) is 43.3 Å². The number of halogens is 1. The topological polar surface area (TPSA) is 95.5 Å². The van der Waals surface area contributed by atoms with Crippen LogP contribution in [0.5, 0.6) is 23.0 Å². The van der Waals surface area contributed by atoms with Gasteiger partial charge < -0.3 is 18.9 Å². The molecule has 0 bridgehead atoms. The van der Waals surface area contributed by atoms with E-state index >= 15 is 0 Å². The highest BCUT2D eigenvalue weighted by Gasteiger charge is 2.13. The average Bonchev–Trinajstić information content (AvgIpc) is 2.86. The summed E-state index contributed by atoms with van der Waals surface area (Å²) in [6.07, 6.45) is 1.42. The van der Waals surface area contributed by atoms with Crippen LogP contribution in [-0.4, -0.2) is 37.9 Å². The largest absolute Gasteiger partial charge is 0.490 e. The van der Waals surface area contributed by atoms with Crippen LogP contribution in [0.2, 0.25) is 0 Å². The number of ether oxygens (including phenoxy) is 4. The zero-order valence-electron chi connectivity index (χ0n) is 19.3. The molecular weight excluding hydrogens is 455 g/mol. The fourth-order valence-electron chi connectivity index (χ4n) is 2.90. The van der Waals surface area contributed by atoms with Crippen molar-refractivity contribution in [3.63, 3.8) is 0 Å². The first-order chi connectivity index (χ1) is 17.0. The zero-order valence-corrected chi connectivity index (χ0v) is 19.3. The molecule has 8 nitrogen and oxygen atoms in total. The summed E-state index contributed by atoms with van der Waals surface area (Å²) in [7, 11) is 0. The fourth-order valence-corrected chi connectivity index (χ4v) is 2.90. The Bertz CT molecular complexity index is 1180. The molecule has 3 aromatic carbocycles. The Kier molecular flexibility index (Phi) is 9.18. The number of amides is 1. The smallest absolute Gasteiger partial charge is 0.343 e. The number of hydrogen-bond donors (Lipinski definition) is 1. The van der Waals surface area contributed by atoms with E-state index in [0.717, 1.165) is 0 Å². The van der Waals surface area contributed by atoms with Crippen LogP contribution in [-0.2, 0) is 4.79 Å². The molecule has 3 rings (SSSR count). The fraction of sp³-hybridized carbons (Fsp3) is 0.192. The summed E-state index contributed by atoms with van der Waals surface area (Å²) in [5.74, 6) is -0.0319. The number of benzene rings is 3. The summed E-state index contributed by atoms with van der Waals surface area (Å²) in [5.41, 5.74) is 3.18. The molecule has 0 radical (unpaired) electrons. The molecule has 0 aliphatic heterocycles. The molecule has 0 aliphatic carbocycles. The van der Waals surface area contributed by atoms with E-state index in [1.807, 2.05) is 13.0 Å². The van der Waals surface area contributed by atoms with E-state index in [-0.39, 0.29) is 17.9 Å². The van der Waals surface area contributed by atoms with E-state index < -0.39 is 17.7 Å². The van der Waals surface area contributed by atoms with Gasteiger partial charge in [0.25, 0.3) is 5.91 Å². The van der Waals surface area contributed by atoms with Crippen LogP contribution in [0.25, 0.3) is 0 Å². The van der Waals surface area contributed by atoms with Gasteiger partial charge in [-0.3, -0.25) is 4.79 Å². The molecule has 0 unspecified atom stereocenters. The molecule has 0 fully saturated rings. The molecule has 0 saturated carbocycles. The summed E-state index contributed by atoms with van der Waals surface area (Å²) in [5, 5.41) is 3.93. The molecule has 1 N–H and O–H groups in total. The lowest BCUT2D eigenvalue weighted by atomic mass is 10.2. The highest BCUT2D eigenvalue weighted by atomic mass is 19.1. The van der Waals surface area contributed by atoms with Crippen LogP contribution in [0, 0.1) is 5.82 Å². The third-order valence-corrected chi connectivity index (χ3v) is 4.46. The van der Waals surface area contributed by atoms with Crippen LogP contribution in [0.1, 0.15) is 29.8 Å². The van der Waals surface area contributed by atoms with E-state index in [0.29, 0.717) is 36.0 Å². The van der Waals surface area contributed by atoms with Crippen molar-refractivity contribution in [2.75, 3.05) is 19.8 Å². The predicted molar refractivity (Wildman–Crippen MR) is 128 cm³/mol. The molecule has 182 valence electrons. The van der Waals surface area contributed by atoms with Gasteiger partial charge in [0.1, 0.15) is 5.82 Å². The molecule has 0 saturated heterocycles. The number of hydrogen-bond acceptors (Lipinski definition) is 7. The van der Waals surface area contributed by atoms with Crippen molar-refractivity contribution in [3.8, 4) is 23.0 Å². The summed E-state index contributed by atoms with van der Waals surface area (Å²) in [4.78, 5) is 24.4. The molecule has 9 heteroatoms. The number of esters is 1. The number of nitrogens with one attached hydrogen (secondary N) is 1. The zero-order chi connectivity index (χ0) is 25.0. The number of carbonyl (C=O) groups is 2. The number of para-hydroxylation sites is 2. The van der Waals surface area contributed by atoms with Crippen LogP contribution >= 0.6 is 0 Å². The van der Waals surface area contributed by atoms with Gasteiger partial charge in [-0.1, -0.05) is 12.1 Å². The van der Waals surface area contributed by atoms with Gasteiger partial charge >= 0.3 is 5.97 Å². The lowest BCUT2D eigenvalue weighted by molar-refractivity contribution is -0.123. The van der Waals surface area contributed by atoms with Crippen LogP contribution in [0.15, 0.2) is 71.8 Å². The van der Waals surface area contributed by atoms with Gasteiger partial charge in [0.05, 0.1) is 25.0 Å². The summed E-state index contributed by atoms with van der Waals surface area (Å²) in [6.45, 7) is 4.21. The van der Waals surface area contributed by atoms with Crippen molar-refractivity contribution in [2.45, 2.75) is 13.8 Å². The van der Waals surface area contributed by atoms with Crippen LogP contribution < -0.4 is 24.4 Å². The Hall–Kier alpha value is -4.40. The minimum absolute atomic E-state index is 0.198. The van der Waals surface area contributed by atoms with Crippen LogP contribution in [0.4, 0.5) is 4.39 Å². The SMILES string of the molecule is CCOc1ccccc1OCC(=O)NN=Cc1ccc(OC(=O)c2ccc(F)cc2)c(OCC)c1. The maximum absolute atomic E-state index is 13.1. The maximum Gasteiger partial charge on any atom is 0.343 e. The van der Waals surface area contributed by atoms with Gasteiger partial charge in [0, 0.05) is 0 Å². The normalized spacial score (nSPS) is 10.6. The molecule has 0 atom stereocenters. The molecule has 1 amide bonds. The molecular formula is C26H25FN2O6. The average molecular weight is 480 g/mol. The lowest BCUT2D eigenvalue weighted by Crippen LogP contribution is -2.24. The molecule has 0 heterocycles. The minimum Gasteiger partial charge on any atom is -0.490 e. The van der Waals surface area contributed by atoms with E-state index in [4.69, 9.17) is 18.9 Å². The van der Waals surface area contributed by atoms with Crippen molar-refractivity contribution in [2.24, 2.45) is 5.10 Å². The molecule has 35 heavy (non-hydrogen) atoms. The second kappa shape index (κ2) is 12.7. The Labute approximate surface area is 202 Å². The van der Waals surface area contributed by atoms with Gasteiger partial charge in [-0.15, -0.1) is 0 Å². The van der Waals surface area contributed by atoms with E-state index in [9.17, 15) is 14.0 Å². The highest BCUT2D eigenvalue weighted by Crippen LogP contribution is 2.29. The van der Waals surface area contributed by atoms with Crippen molar-refractivity contribution in [1.82, 2.24) is 5.43 Å². The van der Waals surface area contributed by atoms with Gasteiger partial charge in [-0.05, 0) is 74.0 Å². The van der Waals surface area contributed by atoms with Crippen LogP contribution in [0.3, 0.4) is 0 Å². The number of hydrazone groups is 1. The monoisotopic (exact) mass is 480 g/mol. The number of rotatable bonds is 11. The highest BCUT2D eigenvalue weighted by molar-refractivity contribution is 5.91. The second-order valence-corrected chi connectivity index (χ2v) is 7.00. The summed E-state index contributed by atoms with van der Waals surface area (Å²) in [6, 6.07) is 16.9. The Balaban J connectivity index is 1.59. The first-order valence-electron chi connectivity index (χ1n) is 10.9. The predicted octanol–water partition coefficient (Wildman–Crippen LogP) is 4.37. The third-order valence-electron chi connectivity index (χ3n) is 4.46. The van der Waals surface area contributed by atoms with Gasteiger partial charge in [0.2, 0.25) is 0 Å². The summed E-state index contributed by atoms with van der Waals surface area (Å²) < 4.78 is 35.0. The van der Waals surface area contributed by atoms with Crippen molar-refractivity contribution >= 4 is 18.1 Å². The minimum atomic E-state index is -0.648. The number of carbonyl (C=O) groups excluding carboxylic acids is 2. The standard InChI is InChI=1S/C26H25FN2O6/c1-3-32-21-7-5-6-8-22(21)34-17-25(30)29-28-16-18-9-14-23(24(15-18)33-4-2)35-26(31)19-10-12-20(27)13-11-19/h5-16H,3-4,17H2,1-2H3,(H,29,30). The Morgan fingerprint density at radius 1 is 0.857 bits per heavy atom. The summed E-state index contributed by atoms with van der Waals surface area (Å²) >= 11 is 0. The number of nitrogens with zero attached hydrogens (tertiary/aromatic N) is 1. The molecule has 0 aromatic heterocycles. The second-order valence-electron chi connectivity index (χ2n) is 7.00. The molecule has 0 aliphatic rings. The lowest BCUT2D eigenvalue weighted by Gasteiger charge is -2.11. The van der Waals surface area contributed by atoms with E-state index in [2.05, 4.69) is 10.5 Å². The Morgan fingerprint density at radius 3 is 2.20 bits per heavy atom. The van der Waals surface area contributed by atoms with Gasteiger partial charge in [0.15, 0.2) is 29.6 Å². The Morgan fingerprint density at radius 2 is 1.51 bits per heavy atom. The van der Waals surface area contributed by atoms with E-state index in [1.165, 1.54) is 30.5 Å². The third kappa shape index (κ3) is 7.56. The van der Waals surface area contributed by atoms with Crippen molar-refractivity contribution in [1.29, 1.82) is 0 Å². The molecule has 0 spiro atoms. The first-order valence-corrected chi connectivity index (χ1v) is 10.9.